The average molecular weight is 474 g/mol. The molecule has 1 heterocycles. The van der Waals surface area contributed by atoms with Gasteiger partial charge in [-0.15, -0.1) is 0 Å². The van der Waals surface area contributed by atoms with Crippen molar-refractivity contribution >= 4 is 23.0 Å². The van der Waals surface area contributed by atoms with Gasteiger partial charge in [0, 0.05) is 5.69 Å². The number of fused-ring (bicyclic) bond motifs is 1. The zero-order valence-electron chi connectivity index (χ0n) is 20.3. The van der Waals surface area contributed by atoms with Crippen LogP contribution < -0.4 is 10.2 Å². The first-order chi connectivity index (χ1) is 17.6. The summed E-state index contributed by atoms with van der Waals surface area (Å²) < 4.78 is 5.49. The second kappa shape index (κ2) is 9.59. The van der Waals surface area contributed by atoms with Crippen LogP contribution in [0.5, 0.6) is 0 Å². The lowest BCUT2D eigenvalue weighted by Gasteiger charge is -2.47. The van der Waals surface area contributed by atoms with Gasteiger partial charge >= 0.3 is 5.97 Å². The molecule has 4 aromatic rings. The zero-order chi connectivity index (χ0) is 25.1. The van der Waals surface area contributed by atoms with E-state index in [2.05, 4.69) is 34.5 Å². The van der Waals surface area contributed by atoms with Gasteiger partial charge < -0.3 is 15.0 Å². The van der Waals surface area contributed by atoms with E-state index in [1.165, 1.54) is 0 Å². The lowest BCUT2D eigenvalue weighted by molar-refractivity contribution is -0.147. The molecular formula is C31H27N3O2. The monoisotopic (exact) mass is 473 g/mol. The average Bonchev–Trinajstić information content (AvgIpc) is 2.93. The van der Waals surface area contributed by atoms with E-state index in [0.29, 0.717) is 5.69 Å². The molecule has 0 aromatic heterocycles. The molecule has 2 atom stereocenters. The third-order valence-electron chi connectivity index (χ3n) is 6.57. The van der Waals surface area contributed by atoms with Crippen molar-refractivity contribution < 1.29 is 9.53 Å². The van der Waals surface area contributed by atoms with E-state index >= 15 is 0 Å². The number of carbonyl (C=O) groups excluding carboxylic acids is 1. The Labute approximate surface area is 211 Å². The van der Waals surface area contributed by atoms with Crippen molar-refractivity contribution in [2.75, 3.05) is 16.8 Å². The molecule has 1 N–H and O–H groups in total. The van der Waals surface area contributed by atoms with Crippen LogP contribution in [0.2, 0.25) is 0 Å². The van der Waals surface area contributed by atoms with Crippen LogP contribution in [0.15, 0.2) is 103 Å². The highest BCUT2D eigenvalue weighted by molar-refractivity contribution is 5.97. The number of aryl methyl sites for hydroxylation is 1. The highest BCUT2D eigenvalue weighted by atomic mass is 16.5. The summed E-state index contributed by atoms with van der Waals surface area (Å²) in [7, 11) is 0. The van der Waals surface area contributed by atoms with Crippen molar-refractivity contribution in [1.82, 2.24) is 0 Å². The van der Waals surface area contributed by atoms with Crippen molar-refractivity contribution in [2.24, 2.45) is 0 Å². The first-order valence-corrected chi connectivity index (χ1v) is 12.0. The van der Waals surface area contributed by atoms with Gasteiger partial charge in [-0.3, -0.25) is 0 Å². The quantitative estimate of drug-likeness (QED) is 0.323. The van der Waals surface area contributed by atoms with E-state index in [1.807, 2.05) is 91.9 Å². The fourth-order valence-electron chi connectivity index (χ4n) is 4.83. The molecule has 0 bridgehead atoms. The molecule has 0 spiro atoms. The van der Waals surface area contributed by atoms with Crippen LogP contribution in [0.4, 0.5) is 17.1 Å². The number of hydrogen-bond donors (Lipinski definition) is 1. The molecule has 2 unspecified atom stereocenters. The topological polar surface area (TPSA) is 65.4 Å². The number of esters is 1. The number of nitrogens with zero attached hydrogens (tertiary/aromatic N) is 2. The Balaban J connectivity index is 1.80. The first kappa shape index (κ1) is 23.2. The van der Waals surface area contributed by atoms with Gasteiger partial charge in [0.2, 0.25) is 5.54 Å². The van der Waals surface area contributed by atoms with E-state index in [0.717, 1.165) is 33.6 Å². The Morgan fingerprint density at radius 1 is 0.944 bits per heavy atom. The third kappa shape index (κ3) is 3.97. The van der Waals surface area contributed by atoms with Gasteiger partial charge in [-0.05, 0) is 54.8 Å². The fourth-order valence-corrected chi connectivity index (χ4v) is 4.83. The number of anilines is 3. The van der Waals surface area contributed by atoms with Crippen molar-refractivity contribution in [1.29, 1.82) is 5.26 Å². The maximum absolute atomic E-state index is 13.5. The number of rotatable bonds is 5. The van der Waals surface area contributed by atoms with E-state index in [1.54, 1.807) is 6.92 Å². The Kier molecular flexibility index (Phi) is 6.18. The molecule has 36 heavy (non-hydrogen) atoms. The van der Waals surface area contributed by atoms with Gasteiger partial charge in [0.05, 0.1) is 18.0 Å². The number of ether oxygens (including phenoxy) is 1. The molecule has 0 fully saturated rings. The second-order valence-electron chi connectivity index (χ2n) is 8.88. The van der Waals surface area contributed by atoms with E-state index in [-0.39, 0.29) is 6.61 Å². The molecule has 4 aromatic carbocycles. The van der Waals surface area contributed by atoms with Crippen LogP contribution in [0.3, 0.4) is 0 Å². The summed E-state index contributed by atoms with van der Waals surface area (Å²) in [4.78, 5) is 15.6. The molecule has 0 saturated carbocycles. The Morgan fingerprint density at radius 3 is 2.25 bits per heavy atom. The van der Waals surface area contributed by atoms with Crippen LogP contribution in [0.1, 0.15) is 24.1 Å². The highest BCUT2D eigenvalue weighted by Gasteiger charge is 2.55. The van der Waals surface area contributed by atoms with Crippen LogP contribution in [-0.4, -0.2) is 18.1 Å². The maximum Gasteiger partial charge on any atom is 0.349 e. The van der Waals surface area contributed by atoms with Gasteiger partial charge in [-0.1, -0.05) is 84.4 Å². The molecule has 0 amide bonds. The summed E-state index contributed by atoms with van der Waals surface area (Å²) >= 11 is 0. The van der Waals surface area contributed by atoms with E-state index in [9.17, 15) is 10.1 Å². The predicted octanol–water partition coefficient (Wildman–Crippen LogP) is 6.79. The normalized spacial score (nSPS) is 18.5. The lowest BCUT2D eigenvalue weighted by atomic mass is 9.81. The summed E-state index contributed by atoms with van der Waals surface area (Å²) in [5.41, 5.74) is 4.87. The Morgan fingerprint density at radius 2 is 1.61 bits per heavy atom. The summed E-state index contributed by atoms with van der Waals surface area (Å²) in [5, 5.41) is 13.9. The summed E-state index contributed by atoms with van der Waals surface area (Å²) in [5.74, 6) is -0.601. The van der Waals surface area contributed by atoms with Crippen LogP contribution in [-0.2, 0) is 9.53 Å². The molecule has 178 valence electrons. The zero-order valence-corrected chi connectivity index (χ0v) is 20.3. The summed E-state index contributed by atoms with van der Waals surface area (Å²) in [6.07, 6.45) is 0. The van der Waals surface area contributed by atoms with Gasteiger partial charge in [0.1, 0.15) is 12.1 Å². The largest absolute Gasteiger partial charge is 0.463 e. The Bertz CT molecular complexity index is 1410. The minimum Gasteiger partial charge on any atom is -0.463 e. The second-order valence-corrected chi connectivity index (χ2v) is 8.88. The number of nitriles is 1. The molecule has 1 aliphatic heterocycles. The number of carbonyl (C=O) groups is 1. The minimum absolute atomic E-state index is 0.176. The lowest BCUT2D eigenvalue weighted by Crippen LogP contribution is -2.58. The maximum atomic E-state index is 13.5. The molecular weight excluding hydrogens is 446 g/mol. The SMILES string of the molecule is CCOC(=O)C1(C#N)Nc2ccc(-c3ccccc3)cc2N(c2ccc(C)cc2)C1c1ccccc1. The number of nitrogens with one attached hydrogen (secondary N) is 1. The van der Waals surface area contributed by atoms with Crippen LogP contribution in [0.25, 0.3) is 11.1 Å². The summed E-state index contributed by atoms with van der Waals surface area (Å²) in [6.45, 7) is 3.97. The van der Waals surface area contributed by atoms with Gasteiger partial charge in [0.15, 0.2) is 0 Å². The van der Waals surface area contributed by atoms with Crippen LogP contribution >= 0.6 is 0 Å². The number of hydrogen-bond acceptors (Lipinski definition) is 5. The van der Waals surface area contributed by atoms with Crippen molar-refractivity contribution in [2.45, 2.75) is 25.4 Å². The highest BCUT2D eigenvalue weighted by Crippen LogP contribution is 2.51. The molecule has 1 aliphatic rings. The molecule has 5 nitrogen and oxygen atoms in total. The van der Waals surface area contributed by atoms with Gasteiger partial charge in [-0.2, -0.15) is 5.26 Å². The van der Waals surface area contributed by atoms with E-state index in [4.69, 9.17) is 4.74 Å². The van der Waals surface area contributed by atoms with E-state index < -0.39 is 17.6 Å². The van der Waals surface area contributed by atoms with Crippen molar-refractivity contribution in [3.8, 4) is 17.2 Å². The van der Waals surface area contributed by atoms with Crippen molar-refractivity contribution in [3.63, 3.8) is 0 Å². The molecule has 5 heteroatoms. The Hall–Kier alpha value is -4.56. The van der Waals surface area contributed by atoms with Crippen molar-refractivity contribution in [3.05, 3.63) is 114 Å². The van der Waals surface area contributed by atoms with Gasteiger partial charge in [0.25, 0.3) is 0 Å². The molecule has 0 radical (unpaired) electrons. The standard InChI is InChI=1S/C31H27N3O2/c1-3-36-30(35)31(21-32)29(24-12-8-5-9-13-24)34(26-17-14-22(2)15-18-26)28-20-25(16-19-27(28)33-31)23-10-6-4-7-11-23/h4-20,29,33H,3H2,1-2H3. The fraction of sp³-hybridized carbons (Fsp3) is 0.161. The predicted molar refractivity (Wildman–Crippen MR) is 143 cm³/mol. The smallest absolute Gasteiger partial charge is 0.349 e. The van der Waals surface area contributed by atoms with Gasteiger partial charge in [-0.25, -0.2) is 4.79 Å². The molecule has 5 rings (SSSR count). The number of benzene rings is 4. The summed E-state index contributed by atoms with van der Waals surface area (Å²) in [6, 6.07) is 35.7. The minimum atomic E-state index is -1.66. The first-order valence-electron chi connectivity index (χ1n) is 12.0. The third-order valence-corrected chi connectivity index (χ3v) is 6.57. The van der Waals surface area contributed by atoms with Crippen LogP contribution in [0, 0.1) is 18.3 Å². The molecule has 0 saturated heterocycles. The molecule has 0 aliphatic carbocycles.